The van der Waals surface area contributed by atoms with Gasteiger partial charge in [0.25, 0.3) is 0 Å². The Morgan fingerprint density at radius 2 is 1.95 bits per heavy atom. The summed E-state index contributed by atoms with van der Waals surface area (Å²) in [7, 11) is 0. The molecule has 0 rings (SSSR count). The first-order valence-corrected chi connectivity index (χ1v) is 7.09. The molecule has 0 spiro atoms. The van der Waals surface area contributed by atoms with Gasteiger partial charge in [0.1, 0.15) is 0 Å². The minimum Gasteiger partial charge on any atom is -0.550 e. The lowest BCUT2D eigenvalue weighted by molar-refractivity contribution is -0.976. The van der Waals surface area contributed by atoms with E-state index in [0.29, 0.717) is 6.61 Å². The Hall–Kier alpha value is -0.950. The standard InChI is InChI=1S/C14H27NO5/c1-2-3-4-5-6-7-10-20-13-15(11-16,12-17)9-8-14(18)19/h3-4,16-17H,2,5-13H2,1H3/b4-3+. The number of allylic oxidation sites excluding steroid dienone is 2. The number of quaternary nitrogens is 1. The van der Waals surface area contributed by atoms with Crippen LogP contribution >= 0.6 is 0 Å². The van der Waals surface area contributed by atoms with Crippen LogP contribution in [0.3, 0.4) is 0 Å². The molecular formula is C14H27NO5. The lowest BCUT2D eigenvalue weighted by atomic mass is 10.2. The molecule has 0 aliphatic carbocycles. The molecule has 2 N–H and O–H groups in total. The van der Waals surface area contributed by atoms with E-state index < -0.39 is 5.97 Å². The molecule has 0 aromatic rings. The van der Waals surface area contributed by atoms with Crippen LogP contribution in [0, 0.1) is 0 Å². The Morgan fingerprint density at radius 1 is 1.25 bits per heavy atom. The second kappa shape index (κ2) is 11.8. The summed E-state index contributed by atoms with van der Waals surface area (Å²) in [5.74, 6) is -1.20. The van der Waals surface area contributed by atoms with Crippen molar-refractivity contribution in [2.75, 3.05) is 33.3 Å². The Balaban J connectivity index is 3.85. The van der Waals surface area contributed by atoms with Crippen LogP contribution in [0.1, 0.15) is 39.0 Å². The van der Waals surface area contributed by atoms with Crippen LogP contribution in [0.4, 0.5) is 0 Å². The summed E-state index contributed by atoms with van der Waals surface area (Å²) < 4.78 is 5.24. The number of unbranched alkanes of at least 4 members (excludes halogenated alkanes) is 2. The molecule has 0 saturated carbocycles. The number of rotatable bonds is 13. The number of hydrogen-bond donors (Lipinski definition) is 2. The van der Waals surface area contributed by atoms with Crippen molar-refractivity contribution in [3.8, 4) is 0 Å². The Labute approximate surface area is 120 Å². The Bertz CT molecular complexity index is 277. The number of carboxylic acid groups (broad SMARTS) is 1. The van der Waals surface area contributed by atoms with E-state index in [-0.39, 0.29) is 37.6 Å². The molecule has 6 nitrogen and oxygen atoms in total. The number of aliphatic carboxylic acids is 1. The van der Waals surface area contributed by atoms with E-state index in [4.69, 9.17) is 4.74 Å². The van der Waals surface area contributed by atoms with Crippen molar-refractivity contribution in [2.45, 2.75) is 39.0 Å². The summed E-state index contributed by atoms with van der Waals surface area (Å²) in [4.78, 5) is 10.4. The molecule has 0 fully saturated rings. The molecule has 0 aliphatic heterocycles. The van der Waals surface area contributed by atoms with Gasteiger partial charge in [-0.05, 0) is 25.7 Å². The van der Waals surface area contributed by atoms with Crippen molar-refractivity contribution in [3.05, 3.63) is 12.2 Å². The van der Waals surface area contributed by atoms with Crippen molar-refractivity contribution in [1.82, 2.24) is 0 Å². The summed E-state index contributed by atoms with van der Waals surface area (Å²) in [6, 6.07) is 0. The first-order chi connectivity index (χ1) is 9.60. The van der Waals surface area contributed by atoms with Gasteiger partial charge in [-0.3, -0.25) is 4.48 Å². The van der Waals surface area contributed by atoms with Gasteiger partial charge in [0.05, 0.1) is 13.2 Å². The summed E-state index contributed by atoms with van der Waals surface area (Å²) in [6.07, 6.45) is 8.02. The fourth-order valence-corrected chi connectivity index (χ4v) is 1.67. The highest BCUT2D eigenvalue weighted by Gasteiger charge is 2.25. The smallest absolute Gasteiger partial charge is 0.186 e. The maximum atomic E-state index is 10.4. The normalized spacial score (nSPS) is 12.2. The number of aliphatic hydroxyl groups is 2. The van der Waals surface area contributed by atoms with E-state index in [0.717, 1.165) is 25.7 Å². The van der Waals surface area contributed by atoms with E-state index in [1.54, 1.807) is 0 Å². The van der Waals surface area contributed by atoms with Gasteiger partial charge in [-0.25, -0.2) is 0 Å². The maximum absolute atomic E-state index is 10.4. The van der Waals surface area contributed by atoms with Crippen LogP contribution in [0.2, 0.25) is 0 Å². The molecule has 0 atom stereocenters. The number of hydrogen-bond acceptors (Lipinski definition) is 5. The highest BCUT2D eigenvalue weighted by Crippen LogP contribution is 2.07. The van der Waals surface area contributed by atoms with E-state index in [1.165, 1.54) is 0 Å². The average Bonchev–Trinajstić information content (AvgIpc) is 2.45. The van der Waals surface area contributed by atoms with Crippen LogP contribution in [-0.2, 0) is 9.53 Å². The van der Waals surface area contributed by atoms with Gasteiger partial charge in [-0.2, -0.15) is 0 Å². The Morgan fingerprint density at radius 3 is 2.50 bits per heavy atom. The van der Waals surface area contributed by atoms with Gasteiger partial charge in [-0.15, -0.1) is 0 Å². The zero-order valence-electron chi connectivity index (χ0n) is 12.3. The third-order valence-electron chi connectivity index (χ3n) is 3.07. The van der Waals surface area contributed by atoms with E-state index in [1.807, 2.05) is 0 Å². The van der Waals surface area contributed by atoms with Crippen molar-refractivity contribution < 1.29 is 29.3 Å². The Kier molecular flexibility index (Phi) is 11.3. The van der Waals surface area contributed by atoms with Gasteiger partial charge in [0, 0.05) is 12.4 Å². The first kappa shape index (κ1) is 19.1. The van der Waals surface area contributed by atoms with Crippen molar-refractivity contribution in [3.63, 3.8) is 0 Å². The fourth-order valence-electron chi connectivity index (χ4n) is 1.67. The van der Waals surface area contributed by atoms with Crippen LogP contribution in [-0.4, -0.2) is 54.0 Å². The van der Waals surface area contributed by atoms with Gasteiger partial charge < -0.3 is 24.9 Å². The maximum Gasteiger partial charge on any atom is 0.186 e. The third-order valence-corrected chi connectivity index (χ3v) is 3.07. The lowest BCUT2D eigenvalue weighted by Gasteiger charge is -2.33. The molecule has 0 bridgehead atoms. The van der Waals surface area contributed by atoms with Crippen LogP contribution in [0.5, 0.6) is 0 Å². The van der Waals surface area contributed by atoms with Crippen LogP contribution in [0.15, 0.2) is 12.2 Å². The second-order valence-electron chi connectivity index (χ2n) is 4.88. The number of carboxylic acids is 1. The van der Waals surface area contributed by atoms with Gasteiger partial charge >= 0.3 is 0 Å². The lowest BCUT2D eigenvalue weighted by Crippen LogP contribution is -2.52. The highest BCUT2D eigenvalue weighted by molar-refractivity contribution is 5.64. The number of nitrogens with zero attached hydrogens (tertiary/aromatic N) is 1. The molecule has 0 aromatic heterocycles. The monoisotopic (exact) mass is 289 g/mol. The van der Waals surface area contributed by atoms with Gasteiger partial charge in [0.15, 0.2) is 20.2 Å². The molecule has 0 amide bonds. The molecule has 0 heterocycles. The SMILES string of the molecule is CC/C=C/CCCCOC[N+](CO)(CO)CCC(=O)[O-]. The summed E-state index contributed by atoms with van der Waals surface area (Å²) in [5.41, 5.74) is 0. The summed E-state index contributed by atoms with van der Waals surface area (Å²) in [5, 5.41) is 29.0. The van der Waals surface area contributed by atoms with Crippen molar-refractivity contribution >= 4 is 5.97 Å². The molecule has 6 heteroatoms. The van der Waals surface area contributed by atoms with Crippen molar-refractivity contribution in [2.24, 2.45) is 0 Å². The molecule has 20 heavy (non-hydrogen) atoms. The van der Waals surface area contributed by atoms with E-state index >= 15 is 0 Å². The first-order valence-electron chi connectivity index (χ1n) is 7.09. The fraction of sp³-hybridized carbons (Fsp3) is 0.786. The predicted molar refractivity (Wildman–Crippen MR) is 73.0 cm³/mol. The minimum atomic E-state index is -1.20. The molecule has 0 radical (unpaired) electrons. The number of carbonyl (C=O) groups excluding carboxylic acids is 1. The summed E-state index contributed by atoms with van der Waals surface area (Å²) in [6.45, 7) is 2.10. The molecule has 0 saturated heterocycles. The largest absolute Gasteiger partial charge is 0.550 e. The predicted octanol–water partition coefficient (Wildman–Crippen LogP) is -0.0466. The topological polar surface area (TPSA) is 89.8 Å². The van der Waals surface area contributed by atoms with Gasteiger partial charge in [-0.1, -0.05) is 19.1 Å². The molecular weight excluding hydrogens is 262 g/mol. The van der Waals surface area contributed by atoms with E-state index in [9.17, 15) is 20.1 Å². The number of carbonyl (C=O) groups is 1. The second-order valence-corrected chi connectivity index (χ2v) is 4.88. The van der Waals surface area contributed by atoms with Crippen LogP contribution in [0.25, 0.3) is 0 Å². The number of aliphatic hydroxyl groups excluding tert-OH is 2. The highest BCUT2D eigenvalue weighted by atomic mass is 16.5. The van der Waals surface area contributed by atoms with Crippen molar-refractivity contribution in [1.29, 1.82) is 0 Å². The zero-order valence-corrected chi connectivity index (χ0v) is 12.3. The minimum absolute atomic E-state index is 0.0918. The number of ether oxygens (including phenoxy) is 1. The molecule has 0 unspecified atom stereocenters. The molecule has 0 aliphatic rings. The third kappa shape index (κ3) is 9.03. The summed E-state index contributed by atoms with van der Waals surface area (Å²) >= 11 is 0. The molecule has 0 aromatic carbocycles. The van der Waals surface area contributed by atoms with Gasteiger partial charge in [0.2, 0.25) is 0 Å². The molecule has 118 valence electrons. The zero-order chi connectivity index (χ0) is 15.3. The quantitative estimate of drug-likeness (QED) is 0.215. The van der Waals surface area contributed by atoms with E-state index in [2.05, 4.69) is 19.1 Å². The van der Waals surface area contributed by atoms with Crippen LogP contribution < -0.4 is 5.11 Å². The average molecular weight is 289 g/mol.